The molecule has 1 fully saturated rings. The quantitative estimate of drug-likeness (QED) is 0.837. The molecule has 2 aromatic rings. The SMILES string of the molecule is O=C(Nc1ccc2c(c1)C(=O)N(CC1CCCO1)C2=O)c1cnccn1. The number of hydrogen-bond donors (Lipinski definition) is 1. The first kappa shape index (κ1) is 16.3. The van der Waals surface area contributed by atoms with Gasteiger partial charge in [-0.2, -0.15) is 0 Å². The second kappa shape index (κ2) is 6.64. The summed E-state index contributed by atoms with van der Waals surface area (Å²) in [4.78, 5) is 46.3. The molecule has 1 unspecified atom stereocenters. The maximum atomic E-state index is 12.6. The zero-order valence-electron chi connectivity index (χ0n) is 13.8. The lowest BCUT2D eigenvalue weighted by molar-refractivity contribution is 0.0475. The minimum Gasteiger partial charge on any atom is -0.376 e. The Morgan fingerprint density at radius 3 is 2.81 bits per heavy atom. The van der Waals surface area contributed by atoms with Crippen molar-refractivity contribution >= 4 is 23.4 Å². The molecule has 3 amide bonds. The average molecular weight is 352 g/mol. The molecule has 1 aromatic carbocycles. The van der Waals surface area contributed by atoms with Gasteiger partial charge in [0.2, 0.25) is 0 Å². The lowest BCUT2D eigenvalue weighted by Crippen LogP contribution is -2.36. The van der Waals surface area contributed by atoms with Crippen molar-refractivity contribution in [1.82, 2.24) is 14.9 Å². The highest BCUT2D eigenvalue weighted by Gasteiger charge is 2.37. The van der Waals surface area contributed by atoms with E-state index in [2.05, 4.69) is 15.3 Å². The van der Waals surface area contributed by atoms with Crippen molar-refractivity contribution in [3.8, 4) is 0 Å². The number of fused-ring (bicyclic) bond motifs is 1. The molecule has 1 N–H and O–H groups in total. The van der Waals surface area contributed by atoms with Crippen molar-refractivity contribution in [2.75, 3.05) is 18.5 Å². The summed E-state index contributed by atoms with van der Waals surface area (Å²) in [7, 11) is 0. The molecule has 8 nitrogen and oxygen atoms in total. The van der Waals surface area contributed by atoms with Crippen LogP contribution in [0.3, 0.4) is 0 Å². The Labute approximate surface area is 149 Å². The van der Waals surface area contributed by atoms with Gasteiger partial charge in [0, 0.05) is 24.7 Å². The summed E-state index contributed by atoms with van der Waals surface area (Å²) >= 11 is 0. The van der Waals surface area contributed by atoms with Gasteiger partial charge in [0.25, 0.3) is 17.7 Å². The number of nitrogens with one attached hydrogen (secondary N) is 1. The lowest BCUT2D eigenvalue weighted by atomic mass is 10.1. The first-order chi connectivity index (χ1) is 12.6. The molecule has 0 radical (unpaired) electrons. The van der Waals surface area contributed by atoms with Crippen molar-refractivity contribution < 1.29 is 19.1 Å². The summed E-state index contributed by atoms with van der Waals surface area (Å²) in [6.45, 7) is 0.917. The van der Waals surface area contributed by atoms with Gasteiger partial charge in [0.15, 0.2) is 0 Å². The monoisotopic (exact) mass is 352 g/mol. The number of nitrogens with zero attached hydrogens (tertiary/aromatic N) is 3. The number of hydrogen-bond acceptors (Lipinski definition) is 6. The van der Waals surface area contributed by atoms with Crippen LogP contribution in [0.1, 0.15) is 44.0 Å². The molecule has 0 spiro atoms. The van der Waals surface area contributed by atoms with Gasteiger partial charge in [-0.1, -0.05) is 0 Å². The highest BCUT2D eigenvalue weighted by molar-refractivity contribution is 6.22. The standard InChI is InChI=1S/C18H16N4O4/c23-16(15-9-19-5-6-20-15)21-11-3-4-13-14(8-11)18(25)22(17(13)24)10-12-2-1-7-26-12/h3-6,8-9,12H,1-2,7,10H2,(H,21,23). The zero-order valence-corrected chi connectivity index (χ0v) is 13.8. The first-order valence-corrected chi connectivity index (χ1v) is 8.32. The number of amides is 3. The third kappa shape index (κ3) is 2.95. The van der Waals surface area contributed by atoms with E-state index in [1.807, 2.05) is 0 Å². The molecule has 0 bridgehead atoms. The van der Waals surface area contributed by atoms with Gasteiger partial charge in [0.1, 0.15) is 5.69 Å². The number of imide groups is 1. The Balaban J connectivity index is 1.53. The largest absolute Gasteiger partial charge is 0.376 e. The Kier molecular flexibility index (Phi) is 4.18. The maximum absolute atomic E-state index is 12.6. The van der Waals surface area contributed by atoms with E-state index >= 15 is 0 Å². The van der Waals surface area contributed by atoms with Crippen LogP contribution >= 0.6 is 0 Å². The number of aromatic nitrogens is 2. The molecule has 0 saturated carbocycles. The molecule has 8 heteroatoms. The van der Waals surface area contributed by atoms with Crippen LogP contribution in [0.5, 0.6) is 0 Å². The second-order valence-electron chi connectivity index (χ2n) is 6.16. The van der Waals surface area contributed by atoms with Crippen LogP contribution in [-0.2, 0) is 4.74 Å². The minimum absolute atomic E-state index is 0.104. The van der Waals surface area contributed by atoms with E-state index in [1.165, 1.54) is 29.6 Å². The van der Waals surface area contributed by atoms with Gasteiger partial charge < -0.3 is 10.1 Å². The highest BCUT2D eigenvalue weighted by atomic mass is 16.5. The molecule has 132 valence electrons. The third-order valence-corrected chi connectivity index (χ3v) is 4.43. The smallest absolute Gasteiger partial charge is 0.275 e. The van der Waals surface area contributed by atoms with E-state index in [9.17, 15) is 14.4 Å². The Bertz CT molecular complexity index is 878. The summed E-state index contributed by atoms with van der Waals surface area (Å²) in [5.74, 6) is -1.13. The van der Waals surface area contributed by atoms with Crippen LogP contribution in [0.2, 0.25) is 0 Å². The van der Waals surface area contributed by atoms with E-state index in [1.54, 1.807) is 12.1 Å². The fourth-order valence-electron chi connectivity index (χ4n) is 3.14. The van der Waals surface area contributed by atoms with Crippen molar-refractivity contribution in [2.24, 2.45) is 0 Å². The van der Waals surface area contributed by atoms with E-state index in [0.717, 1.165) is 12.8 Å². The van der Waals surface area contributed by atoms with Crippen molar-refractivity contribution in [1.29, 1.82) is 0 Å². The number of carbonyl (C=O) groups excluding carboxylic acids is 3. The molecule has 1 aromatic heterocycles. The van der Waals surface area contributed by atoms with Crippen LogP contribution in [0.15, 0.2) is 36.8 Å². The lowest BCUT2D eigenvalue weighted by Gasteiger charge is -2.17. The summed E-state index contributed by atoms with van der Waals surface area (Å²) in [6.07, 6.45) is 5.91. The third-order valence-electron chi connectivity index (χ3n) is 4.43. The van der Waals surface area contributed by atoms with Crippen LogP contribution in [0.4, 0.5) is 5.69 Å². The summed E-state index contributed by atoms with van der Waals surface area (Å²) in [6, 6.07) is 4.66. The molecule has 3 heterocycles. The Morgan fingerprint density at radius 2 is 2.08 bits per heavy atom. The van der Waals surface area contributed by atoms with Gasteiger partial charge >= 0.3 is 0 Å². The normalized spacial score (nSPS) is 18.9. The predicted octanol–water partition coefficient (Wildman–Crippen LogP) is 1.50. The number of ether oxygens (including phenoxy) is 1. The van der Waals surface area contributed by atoms with Crippen LogP contribution in [0, 0.1) is 0 Å². The Hall–Kier alpha value is -3.13. The van der Waals surface area contributed by atoms with Gasteiger partial charge in [-0.15, -0.1) is 0 Å². The van der Waals surface area contributed by atoms with Crippen LogP contribution in [-0.4, -0.2) is 51.8 Å². The van der Waals surface area contributed by atoms with E-state index < -0.39 is 5.91 Å². The second-order valence-corrected chi connectivity index (χ2v) is 6.16. The molecule has 1 atom stereocenters. The molecule has 2 aliphatic heterocycles. The van der Waals surface area contributed by atoms with Gasteiger partial charge in [0.05, 0.1) is 30.0 Å². The fraction of sp³-hybridized carbons (Fsp3) is 0.278. The number of carbonyl (C=O) groups is 3. The molecular formula is C18H16N4O4. The van der Waals surface area contributed by atoms with Gasteiger partial charge in [-0.3, -0.25) is 24.3 Å². The Morgan fingerprint density at radius 1 is 1.23 bits per heavy atom. The maximum Gasteiger partial charge on any atom is 0.275 e. The number of rotatable bonds is 4. The first-order valence-electron chi connectivity index (χ1n) is 8.32. The molecule has 0 aliphatic carbocycles. The predicted molar refractivity (Wildman–Crippen MR) is 90.8 cm³/mol. The van der Waals surface area contributed by atoms with E-state index in [0.29, 0.717) is 17.9 Å². The van der Waals surface area contributed by atoms with Gasteiger partial charge in [-0.05, 0) is 31.0 Å². The van der Waals surface area contributed by atoms with Crippen LogP contribution < -0.4 is 5.32 Å². The fourth-order valence-corrected chi connectivity index (χ4v) is 3.14. The van der Waals surface area contributed by atoms with E-state index in [4.69, 9.17) is 4.74 Å². The van der Waals surface area contributed by atoms with E-state index in [-0.39, 0.29) is 35.7 Å². The molecule has 2 aliphatic rings. The van der Waals surface area contributed by atoms with Crippen molar-refractivity contribution in [2.45, 2.75) is 18.9 Å². The topological polar surface area (TPSA) is 101 Å². The molecular weight excluding hydrogens is 336 g/mol. The highest BCUT2D eigenvalue weighted by Crippen LogP contribution is 2.27. The van der Waals surface area contributed by atoms with Crippen molar-refractivity contribution in [3.63, 3.8) is 0 Å². The van der Waals surface area contributed by atoms with Crippen LogP contribution in [0.25, 0.3) is 0 Å². The van der Waals surface area contributed by atoms with Gasteiger partial charge in [-0.25, -0.2) is 4.98 Å². The number of benzene rings is 1. The molecule has 26 heavy (non-hydrogen) atoms. The van der Waals surface area contributed by atoms with Crippen molar-refractivity contribution in [3.05, 3.63) is 53.6 Å². The number of anilines is 1. The molecule has 4 rings (SSSR count). The summed E-state index contributed by atoms with van der Waals surface area (Å²) in [5, 5.41) is 2.66. The summed E-state index contributed by atoms with van der Waals surface area (Å²) in [5.41, 5.74) is 1.20. The summed E-state index contributed by atoms with van der Waals surface area (Å²) < 4.78 is 5.52. The average Bonchev–Trinajstić information content (AvgIpc) is 3.26. The zero-order chi connectivity index (χ0) is 18.1. The molecule has 1 saturated heterocycles. The minimum atomic E-state index is -0.439.